The number of fused-ring (bicyclic) bond motifs is 17. The van der Waals surface area contributed by atoms with Gasteiger partial charge in [0.2, 0.25) is 0 Å². The Labute approximate surface area is 490 Å². The summed E-state index contributed by atoms with van der Waals surface area (Å²) in [6.45, 7) is 24.9. The van der Waals surface area contributed by atoms with E-state index in [9.17, 15) is 0 Å². The van der Waals surface area contributed by atoms with E-state index in [0.717, 1.165) is 61.8 Å². The maximum atomic E-state index is 7.51. The van der Waals surface area contributed by atoms with Crippen LogP contribution in [0.3, 0.4) is 0 Å². The minimum Gasteiger partial charge on any atom is -0.454 e. The van der Waals surface area contributed by atoms with Crippen LogP contribution in [0.5, 0.6) is 0 Å². The molecule has 404 valence electrons. The molecule has 4 heterocycles. The molecule has 1 aliphatic heterocycles. The first kappa shape index (κ1) is 50.8. The van der Waals surface area contributed by atoms with Crippen LogP contribution >= 0.6 is 11.3 Å². The van der Waals surface area contributed by atoms with Gasteiger partial charge in [-0.15, -0.1) is 11.3 Å². The van der Waals surface area contributed by atoms with Crippen molar-refractivity contribution < 1.29 is 4.42 Å². The third kappa shape index (κ3) is 7.30. The first-order valence-corrected chi connectivity index (χ1v) is 29.9. The Bertz CT molecular complexity index is 4930. The van der Waals surface area contributed by atoms with Crippen LogP contribution in [-0.2, 0) is 16.2 Å². The molecule has 0 fully saturated rings. The summed E-state index contributed by atoms with van der Waals surface area (Å²) in [7, 11) is 0. The molecule has 1 atom stereocenters. The number of allylic oxidation sites excluding steroid dienone is 5. The predicted octanol–water partition coefficient (Wildman–Crippen LogP) is 22.5. The molecule has 0 N–H and O–H groups in total. The fourth-order valence-electron chi connectivity index (χ4n) is 14.2. The number of aryl methyl sites for hydroxylation is 2. The van der Waals surface area contributed by atoms with Gasteiger partial charge in [-0.05, 0) is 149 Å². The van der Waals surface area contributed by atoms with Crippen LogP contribution in [0.2, 0.25) is 0 Å². The van der Waals surface area contributed by atoms with Crippen LogP contribution in [0.4, 0.5) is 34.1 Å². The fourth-order valence-corrected chi connectivity index (χ4v) is 15.5. The zero-order valence-corrected chi connectivity index (χ0v) is 49.5. The van der Waals surface area contributed by atoms with E-state index in [1.54, 1.807) is 0 Å². The molecule has 5 heteroatoms. The number of hydrogen-bond acceptors (Lipinski definition) is 4. The highest BCUT2D eigenvalue weighted by Gasteiger charge is 2.53. The summed E-state index contributed by atoms with van der Waals surface area (Å²) in [5, 5.41) is 7.13. The quantitative estimate of drug-likeness (QED) is 0.142. The zero-order chi connectivity index (χ0) is 56.8. The lowest BCUT2D eigenvalue weighted by Gasteiger charge is -2.41. The Balaban J connectivity index is 1.19. The number of benzene rings is 10. The molecule has 1 unspecified atom stereocenters. The molecule has 0 bridgehead atoms. The second kappa shape index (κ2) is 18.4. The monoisotopic (exact) mass is 1090 g/mol. The lowest BCUT2D eigenvalue weighted by molar-refractivity contribution is 0.590. The van der Waals surface area contributed by atoms with Crippen molar-refractivity contribution in [3.05, 3.63) is 270 Å². The minimum atomic E-state index is -0.864. The zero-order valence-electron chi connectivity index (χ0n) is 48.6. The highest BCUT2D eigenvalue weighted by atomic mass is 32.1. The van der Waals surface area contributed by atoms with Gasteiger partial charge in [0.15, 0.2) is 5.58 Å². The van der Waals surface area contributed by atoms with E-state index in [-0.39, 0.29) is 10.8 Å². The molecule has 1 aliphatic carbocycles. The van der Waals surface area contributed by atoms with Gasteiger partial charge in [0.25, 0.3) is 0 Å². The third-order valence-corrected chi connectivity index (χ3v) is 19.4. The number of furan rings is 1. The van der Waals surface area contributed by atoms with Crippen molar-refractivity contribution in [1.29, 1.82) is 0 Å². The molecule has 3 aromatic heterocycles. The standard InChI is InChI=1S/C78H65N3OS/c1-11-12-31-63-49(4)78(58-30-23-29-55-54-26-15-20-34-64(54)81(63)73(55)58)59-46-66(80(62-33-19-14-25-48(62)3)53-43-39-51(40-44-53)77(8,9)10)74-70(56-27-16-21-35-67(56)82-74)71(59)72-60(78)45-65(69-57-28-17-22-36-68(57)83-75(69)72)79(61-32-18-13-24-47(61)2)52-41-37-50(38-42-52)76(5,6)7/h11-46H,1H2,2-10H3/b31-12-. The summed E-state index contributed by atoms with van der Waals surface area (Å²) in [5.74, 6) is 0. The van der Waals surface area contributed by atoms with E-state index >= 15 is 0 Å². The average Bonchev–Trinajstić information content (AvgIpc) is 3.94. The van der Waals surface area contributed by atoms with E-state index < -0.39 is 5.41 Å². The maximum Gasteiger partial charge on any atom is 0.160 e. The van der Waals surface area contributed by atoms with Gasteiger partial charge in [-0.3, -0.25) is 0 Å². The van der Waals surface area contributed by atoms with Gasteiger partial charge >= 0.3 is 0 Å². The SMILES string of the molecule is C=C/C=C\C1=C(C)C2(c3cc(N(c4ccc(C(C)(C)C)cc4)c4ccccc4C)c4c(sc5ccccc54)c3-c3c2cc(N(c2ccc(C(C)(C)C)cc2)c2ccccc2C)c2oc4ccccc4c32)c2cccc3c4ccccc4n1c23. The van der Waals surface area contributed by atoms with E-state index in [4.69, 9.17) is 4.42 Å². The van der Waals surface area contributed by atoms with Crippen molar-refractivity contribution in [2.24, 2.45) is 0 Å². The summed E-state index contributed by atoms with van der Waals surface area (Å²) < 4.78 is 12.5. The van der Waals surface area contributed by atoms with Crippen molar-refractivity contribution >= 4 is 115 Å². The minimum absolute atomic E-state index is 0.0211. The number of hydrogen-bond donors (Lipinski definition) is 0. The van der Waals surface area contributed by atoms with Crippen LogP contribution in [0.25, 0.3) is 80.7 Å². The highest BCUT2D eigenvalue weighted by Crippen LogP contribution is 2.67. The summed E-state index contributed by atoms with van der Waals surface area (Å²) >= 11 is 1.92. The molecule has 10 aromatic carbocycles. The van der Waals surface area contributed by atoms with Crippen LogP contribution in [0.15, 0.2) is 235 Å². The largest absolute Gasteiger partial charge is 0.454 e. The Morgan fingerprint density at radius 3 is 1.69 bits per heavy atom. The van der Waals surface area contributed by atoms with E-state index in [0.29, 0.717) is 0 Å². The molecule has 2 aliphatic rings. The van der Waals surface area contributed by atoms with Crippen LogP contribution in [-0.4, -0.2) is 4.57 Å². The van der Waals surface area contributed by atoms with Gasteiger partial charge < -0.3 is 18.8 Å². The van der Waals surface area contributed by atoms with E-state index in [1.165, 1.54) is 97.6 Å². The summed E-state index contributed by atoms with van der Waals surface area (Å²) in [4.78, 5) is 5.04. The molecule has 0 saturated carbocycles. The van der Waals surface area contributed by atoms with Gasteiger partial charge in [0.05, 0.1) is 27.8 Å². The van der Waals surface area contributed by atoms with Gasteiger partial charge in [-0.2, -0.15) is 0 Å². The summed E-state index contributed by atoms with van der Waals surface area (Å²) in [6.07, 6.45) is 6.35. The molecule has 4 nitrogen and oxygen atoms in total. The first-order valence-electron chi connectivity index (χ1n) is 29.1. The highest BCUT2D eigenvalue weighted by molar-refractivity contribution is 7.26. The van der Waals surface area contributed by atoms with Crippen LogP contribution in [0, 0.1) is 13.8 Å². The first-order chi connectivity index (χ1) is 40.2. The second-order valence-electron chi connectivity index (χ2n) is 25.0. The second-order valence-corrected chi connectivity index (χ2v) is 26.0. The fraction of sp³-hybridized carbons (Fsp3) is 0.154. The number of para-hydroxylation sites is 5. The number of nitrogens with zero attached hydrogens (tertiary/aromatic N) is 3. The Kier molecular flexibility index (Phi) is 11.3. The normalized spacial score (nSPS) is 15.0. The number of thiophene rings is 1. The Hall–Kier alpha value is -9.16. The number of rotatable bonds is 8. The smallest absolute Gasteiger partial charge is 0.160 e. The van der Waals surface area contributed by atoms with E-state index in [1.807, 2.05) is 17.4 Å². The van der Waals surface area contributed by atoms with Crippen molar-refractivity contribution in [3.8, 4) is 11.1 Å². The van der Waals surface area contributed by atoms with E-state index in [2.05, 4.69) is 296 Å². The molecule has 15 rings (SSSR count). The molecule has 0 amide bonds. The third-order valence-electron chi connectivity index (χ3n) is 18.2. The molecule has 83 heavy (non-hydrogen) atoms. The number of anilines is 6. The van der Waals surface area contributed by atoms with Crippen LogP contribution in [0.1, 0.15) is 87.4 Å². The number of aromatic nitrogens is 1. The van der Waals surface area contributed by atoms with Gasteiger partial charge in [-0.25, -0.2) is 0 Å². The van der Waals surface area contributed by atoms with Crippen LogP contribution < -0.4 is 9.80 Å². The Morgan fingerprint density at radius 2 is 1.05 bits per heavy atom. The molecule has 13 aromatic rings. The average molecular weight is 1090 g/mol. The van der Waals surface area contributed by atoms with Crippen molar-refractivity contribution in [3.63, 3.8) is 0 Å². The Morgan fingerprint density at radius 1 is 0.506 bits per heavy atom. The summed E-state index contributed by atoms with van der Waals surface area (Å²) in [6, 6.07) is 75.3. The summed E-state index contributed by atoms with van der Waals surface area (Å²) in [5.41, 5.74) is 23.2. The van der Waals surface area contributed by atoms with Gasteiger partial charge in [0, 0.05) is 81.3 Å². The van der Waals surface area contributed by atoms with Crippen molar-refractivity contribution in [2.45, 2.75) is 78.6 Å². The molecule has 0 radical (unpaired) electrons. The lowest BCUT2D eigenvalue weighted by Crippen LogP contribution is -2.33. The van der Waals surface area contributed by atoms with Crippen molar-refractivity contribution in [1.82, 2.24) is 4.57 Å². The van der Waals surface area contributed by atoms with Crippen molar-refractivity contribution in [2.75, 3.05) is 9.80 Å². The molecule has 1 spiro atoms. The molecular weight excluding hydrogens is 1030 g/mol. The molecular formula is C78H65N3OS. The lowest BCUT2D eigenvalue weighted by atomic mass is 9.65. The van der Waals surface area contributed by atoms with Gasteiger partial charge in [0.1, 0.15) is 5.58 Å². The van der Waals surface area contributed by atoms with Gasteiger partial charge in [-0.1, -0.05) is 194 Å². The maximum absolute atomic E-state index is 7.51. The molecule has 0 saturated heterocycles. The predicted molar refractivity (Wildman–Crippen MR) is 356 cm³/mol. The topological polar surface area (TPSA) is 24.6 Å².